The zero-order valence-electron chi connectivity index (χ0n) is 15.8. The zero-order valence-corrected chi connectivity index (χ0v) is 17.6. The number of nitrogens with zero attached hydrogens (tertiary/aromatic N) is 4. The van der Waals surface area contributed by atoms with Crippen LogP contribution >= 0.6 is 11.6 Å². The fraction of sp³-hybridized carbons (Fsp3) is 0.706. The third kappa shape index (κ3) is 3.81. The van der Waals surface area contributed by atoms with Crippen LogP contribution in [0.5, 0.6) is 0 Å². The van der Waals surface area contributed by atoms with E-state index in [1.165, 1.54) is 6.33 Å². The van der Waals surface area contributed by atoms with Crippen LogP contribution in [0.4, 0.5) is 0 Å². The molecular weight excluding hydrogens is 340 g/mol. The molecule has 2 heterocycles. The maximum Gasteiger partial charge on any atom is 0.192 e. The minimum absolute atomic E-state index is 0.127. The van der Waals surface area contributed by atoms with E-state index in [4.69, 9.17) is 16.0 Å². The van der Waals surface area contributed by atoms with Crippen molar-refractivity contribution in [3.8, 4) is 0 Å². The molecular formula is C17H29ClN4OSi. The highest BCUT2D eigenvalue weighted by Crippen LogP contribution is 2.39. The number of fused-ring (bicyclic) bond motifs is 1. The Bertz CT molecular complexity index is 695. The molecule has 0 fully saturated rings. The molecule has 0 radical (unpaired) electrons. The van der Waals surface area contributed by atoms with Crippen LogP contribution in [0.1, 0.15) is 53.5 Å². The Morgan fingerprint density at radius 2 is 1.92 bits per heavy atom. The van der Waals surface area contributed by atoms with Crippen molar-refractivity contribution in [3.05, 3.63) is 17.8 Å². The summed E-state index contributed by atoms with van der Waals surface area (Å²) in [5.74, 6) is 0. The molecule has 0 unspecified atom stereocenters. The van der Waals surface area contributed by atoms with Gasteiger partial charge in [0.15, 0.2) is 19.1 Å². The lowest BCUT2D eigenvalue weighted by Gasteiger charge is -2.41. The van der Waals surface area contributed by atoms with E-state index >= 15 is 0 Å². The maximum atomic E-state index is 6.72. The number of hydrogen-bond donors (Lipinski definition) is 0. The summed E-state index contributed by atoms with van der Waals surface area (Å²) in [5, 5.41) is 0.574. The molecule has 0 spiro atoms. The third-order valence-corrected chi connectivity index (χ3v) is 9.90. The zero-order chi connectivity index (χ0) is 18.1. The molecule has 2 atom stereocenters. The highest BCUT2D eigenvalue weighted by molar-refractivity contribution is 6.74. The van der Waals surface area contributed by atoms with Crippen molar-refractivity contribution in [2.24, 2.45) is 0 Å². The lowest BCUT2D eigenvalue weighted by Crippen LogP contribution is -2.45. The standard InChI is InChI=1S/C17H29ClN4OSi/c1-8-9-13(23-24(6,7)17(3,4)5)12(2)22-11-21-14-15(18)19-10-20-16(14)22/h10-13H,8-9H2,1-7H3/t12-,13-/m0/s1. The van der Waals surface area contributed by atoms with Crippen LogP contribution in [-0.2, 0) is 4.43 Å². The first-order chi connectivity index (χ1) is 11.1. The molecule has 7 heteroatoms. The predicted molar refractivity (Wildman–Crippen MR) is 102 cm³/mol. The van der Waals surface area contributed by atoms with Gasteiger partial charge in [0.2, 0.25) is 0 Å². The van der Waals surface area contributed by atoms with Gasteiger partial charge in [-0.3, -0.25) is 0 Å². The molecule has 0 saturated heterocycles. The number of rotatable bonds is 6. The van der Waals surface area contributed by atoms with Crippen molar-refractivity contribution >= 4 is 31.1 Å². The average molecular weight is 369 g/mol. The maximum absolute atomic E-state index is 6.72. The van der Waals surface area contributed by atoms with Gasteiger partial charge in [0.1, 0.15) is 11.8 Å². The fourth-order valence-corrected chi connectivity index (χ4v) is 4.14. The quantitative estimate of drug-likeness (QED) is 0.517. The summed E-state index contributed by atoms with van der Waals surface area (Å²) in [6, 6.07) is 0.134. The lowest BCUT2D eigenvalue weighted by atomic mass is 10.1. The van der Waals surface area contributed by atoms with Crippen LogP contribution < -0.4 is 0 Å². The highest BCUT2D eigenvalue weighted by atomic mass is 35.5. The lowest BCUT2D eigenvalue weighted by molar-refractivity contribution is 0.121. The average Bonchev–Trinajstić information content (AvgIpc) is 2.90. The molecule has 0 saturated carbocycles. The Morgan fingerprint density at radius 1 is 1.25 bits per heavy atom. The summed E-state index contributed by atoms with van der Waals surface area (Å²) in [6.45, 7) is 15.8. The number of imidazole rings is 1. The molecule has 0 aliphatic rings. The fourth-order valence-electron chi connectivity index (χ4n) is 2.54. The van der Waals surface area contributed by atoms with Crippen LogP contribution in [0, 0.1) is 0 Å². The van der Waals surface area contributed by atoms with Gasteiger partial charge < -0.3 is 8.99 Å². The van der Waals surface area contributed by atoms with Gasteiger partial charge in [0.25, 0.3) is 0 Å². The first-order valence-electron chi connectivity index (χ1n) is 8.59. The van der Waals surface area contributed by atoms with Crippen molar-refractivity contribution in [3.63, 3.8) is 0 Å². The van der Waals surface area contributed by atoms with Gasteiger partial charge in [0, 0.05) is 0 Å². The molecule has 2 aromatic rings. The molecule has 134 valence electrons. The van der Waals surface area contributed by atoms with Gasteiger partial charge in [-0.15, -0.1) is 0 Å². The summed E-state index contributed by atoms with van der Waals surface area (Å²) < 4.78 is 8.79. The summed E-state index contributed by atoms with van der Waals surface area (Å²) in [7, 11) is -1.85. The highest BCUT2D eigenvalue weighted by Gasteiger charge is 2.40. The Morgan fingerprint density at radius 3 is 2.50 bits per heavy atom. The minimum Gasteiger partial charge on any atom is -0.412 e. The van der Waals surface area contributed by atoms with E-state index in [1.54, 1.807) is 6.33 Å². The van der Waals surface area contributed by atoms with Crippen molar-refractivity contribution in [1.82, 2.24) is 19.5 Å². The van der Waals surface area contributed by atoms with Crippen molar-refractivity contribution < 1.29 is 4.43 Å². The van der Waals surface area contributed by atoms with Crippen LogP contribution in [0.15, 0.2) is 12.7 Å². The number of hydrogen-bond acceptors (Lipinski definition) is 4. The Balaban J connectivity index is 2.35. The van der Waals surface area contributed by atoms with E-state index in [1.807, 2.05) is 0 Å². The summed E-state index contributed by atoms with van der Waals surface area (Å²) in [5.41, 5.74) is 1.41. The van der Waals surface area contributed by atoms with Gasteiger partial charge >= 0.3 is 0 Å². The van der Waals surface area contributed by atoms with E-state index < -0.39 is 8.32 Å². The number of aromatic nitrogens is 4. The summed E-state index contributed by atoms with van der Waals surface area (Å²) in [4.78, 5) is 12.8. The molecule has 24 heavy (non-hydrogen) atoms. The molecule has 2 rings (SSSR count). The normalized spacial score (nSPS) is 15.7. The Kier molecular flexibility index (Phi) is 5.72. The van der Waals surface area contributed by atoms with Crippen molar-refractivity contribution in [2.75, 3.05) is 0 Å². The predicted octanol–water partition coefficient (Wildman–Crippen LogP) is 5.23. The topological polar surface area (TPSA) is 52.8 Å². The molecule has 0 bridgehead atoms. The smallest absolute Gasteiger partial charge is 0.192 e. The molecule has 0 amide bonds. The first kappa shape index (κ1) is 19.3. The van der Waals surface area contributed by atoms with Gasteiger partial charge in [-0.05, 0) is 31.5 Å². The van der Waals surface area contributed by atoms with E-state index in [0.29, 0.717) is 10.7 Å². The van der Waals surface area contributed by atoms with E-state index in [9.17, 15) is 0 Å². The molecule has 2 aromatic heterocycles. The van der Waals surface area contributed by atoms with Crippen LogP contribution in [-0.4, -0.2) is 33.9 Å². The second kappa shape index (κ2) is 7.10. The van der Waals surface area contributed by atoms with Crippen LogP contribution in [0.2, 0.25) is 23.3 Å². The Hall–Kier alpha value is -0.983. The summed E-state index contributed by atoms with van der Waals surface area (Å²) in [6.07, 6.45) is 5.49. The molecule has 0 N–H and O–H groups in total. The van der Waals surface area contributed by atoms with E-state index in [2.05, 4.69) is 67.2 Å². The monoisotopic (exact) mass is 368 g/mol. The number of halogens is 1. The van der Waals surface area contributed by atoms with E-state index in [0.717, 1.165) is 18.5 Å². The Labute approximate surface area is 150 Å². The van der Waals surface area contributed by atoms with Crippen molar-refractivity contribution in [1.29, 1.82) is 0 Å². The minimum atomic E-state index is -1.85. The van der Waals surface area contributed by atoms with Gasteiger partial charge in [0.05, 0.1) is 18.5 Å². The van der Waals surface area contributed by atoms with E-state index in [-0.39, 0.29) is 17.2 Å². The SMILES string of the molecule is CCC[C@H](O[Si](C)(C)C(C)(C)C)[C@H](C)n1cnc2c(Cl)ncnc21. The molecule has 0 aliphatic heterocycles. The van der Waals surface area contributed by atoms with Crippen LogP contribution in [0.3, 0.4) is 0 Å². The molecule has 0 aromatic carbocycles. The first-order valence-corrected chi connectivity index (χ1v) is 11.9. The van der Waals surface area contributed by atoms with Gasteiger partial charge in [-0.25, -0.2) is 15.0 Å². The third-order valence-electron chi connectivity index (χ3n) is 5.12. The van der Waals surface area contributed by atoms with Crippen LogP contribution in [0.25, 0.3) is 11.2 Å². The molecule has 5 nitrogen and oxygen atoms in total. The second-order valence-electron chi connectivity index (χ2n) is 7.93. The second-order valence-corrected chi connectivity index (χ2v) is 13.0. The van der Waals surface area contributed by atoms with Gasteiger partial charge in [-0.2, -0.15) is 0 Å². The van der Waals surface area contributed by atoms with Gasteiger partial charge in [-0.1, -0.05) is 45.7 Å². The largest absolute Gasteiger partial charge is 0.412 e. The van der Waals surface area contributed by atoms with Crippen molar-refractivity contribution in [2.45, 2.75) is 77.7 Å². The summed E-state index contributed by atoms with van der Waals surface area (Å²) >= 11 is 6.13. The molecule has 0 aliphatic carbocycles.